The van der Waals surface area contributed by atoms with E-state index in [9.17, 15) is 13.2 Å². The predicted molar refractivity (Wildman–Crippen MR) is 111 cm³/mol. The van der Waals surface area contributed by atoms with Gasteiger partial charge in [-0.1, -0.05) is 12.1 Å². The van der Waals surface area contributed by atoms with E-state index in [1.54, 1.807) is 7.05 Å². The van der Waals surface area contributed by atoms with Crippen molar-refractivity contribution in [2.24, 2.45) is 18.0 Å². The van der Waals surface area contributed by atoms with Crippen molar-refractivity contribution in [2.45, 2.75) is 32.6 Å². The summed E-state index contributed by atoms with van der Waals surface area (Å²) < 4.78 is 52.0. The SMILES string of the molecule is CN=C(NCc1ccc(C)cc1OCC1CCOC1)NCc1cn(C)nc1C(F)(F)F. The molecule has 2 aromatic rings. The lowest BCUT2D eigenvalue weighted by Crippen LogP contribution is -2.36. The van der Waals surface area contributed by atoms with E-state index in [1.165, 1.54) is 13.2 Å². The second-order valence-corrected chi connectivity index (χ2v) is 7.61. The molecule has 170 valence electrons. The zero-order chi connectivity index (χ0) is 22.4. The summed E-state index contributed by atoms with van der Waals surface area (Å²) in [5, 5.41) is 9.57. The number of aliphatic imine (C=N–C) groups is 1. The van der Waals surface area contributed by atoms with Crippen molar-refractivity contribution in [2.75, 3.05) is 26.9 Å². The largest absolute Gasteiger partial charge is 0.493 e. The van der Waals surface area contributed by atoms with Gasteiger partial charge in [-0.15, -0.1) is 0 Å². The molecule has 1 atom stereocenters. The summed E-state index contributed by atoms with van der Waals surface area (Å²) in [6, 6.07) is 5.94. The van der Waals surface area contributed by atoms with Crippen LogP contribution in [0.25, 0.3) is 0 Å². The third kappa shape index (κ3) is 6.36. The summed E-state index contributed by atoms with van der Waals surface area (Å²) in [4.78, 5) is 4.10. The van der Waals surface area contributed by atoms with Gasteiger partial charge in [-0.2, -0.15) is 18.3 Å². The molecular formula is C21H28F3N5O2. The number of nitrogens with zero attached hydrogens (tertiary/aromatic N) is 3. The maximum absolute atomic E-state index is 13.1. The van der Waals surface area contributed by atoms with Gasteiger partial charge < -0.3 is 20.1 Å². The molecule has 2 N–H and O–H groups in total. The van der Waals surface area contributed by atoms with Crippen LogP contribution in [-0.2, 0) is 31.1 Å². The number of alkyl halides is 3. The Morgan fingerprint density at radius 2 is 2.03 bits per heavy atom. The summed E-state index contributed by atoms with van der Waals surface area (Å²) in [6.45, 7) is 4.42. The highest BCUT2D eigenvalue weighted by Gasteiger charge is 2.36. The average molecular weight is 439 g/mol. The molecule has 1 unspecified atom stereocenters. The molecule has 10 heteroatoms. The molecule has 0 bridgehead atoms. The lowest BCUT2D eigenvalue weighted by Gasteiger charge is -2.17. The highest BCUT2D eigenvalue weighted by Crippen LogP contribution is 2.30. The Kier molecular flexibility index (Phi) is 7.42. The molecule has 1 aromatic heterocycles. The number of aromatic nitrogens is 2. The molecule has 31 heavy (non-hydrogen) atoms. The summed E-state index contributed by atoms with van der Waals surface area (Å²) in [7, 11) is 3.03. The molecule has 2 heterocycles. The number of nitrogens with one attached hydrogen (secondary N) is 2. The van der Waals surface area contributed by atoms with Crippen LogP contribution in [0.1, 0.15) is 28.8 Å². The molecule has 0 spiro atoms. The Morgan fingerprint density at radius 3 is 2.68 bits per heavy atom. The topological polar surface area (TPSA) is 72.7 Å². The van der Waals surface area contributed by atoms with Crippen LogP contribution in [-0.4, -0.2) is 42.6 Å². The van der Waals surface area contributed by atoms with Crippen LogP contribution in [0.3, 0.4) is 0 Å². The number of ether oxygens (including phenoxy) is 2. The molecule has 1 aliphatic heterocycles. The minimum atomic E-state index is -4.51. The van der Waals surface area contributed by atoms with Crippen molar-refractivity contribution < 1.29 is 22.6 Å². The predicted octanol–water partition coefficient (Wildman–Crippen LogP) is 3.03. The van der Waals surface area contributed by atoms with Crippen molar-refractivity contribution in [3.05, 3.63) is 46.8 Å². The van der Waals surface area contributed by atoms with E-state index in [1.807, 2.05) is 25.1 Å². The summed E-state index contributed by atoms with van der Waals surface area (Å²) in [6.07, 6.45) is -2.17. The molecule has 1 fully saturated rings. The van der Waals surface area contributed by atoms with Gasteiger partial charge in [0.2, 0.25) is 0 Å². The Hall–Kier alpha value is -2.75. The second kappa shape index (κ2) is 10.0. The number of guanidine groups is 1. The van der Waals surface area contributed by atoms with Gasteiger partial charge in [0.25, 0.3) is 0 Å². The molecular weight excluding hydrogens is 411 g/mol. The molecule has 0 saturated carbocycles. The van der Waals surface area contributed by atoms with E-state index in [0.717, 1.165) is 34.6 Å². The van der Waals surface area contributed by atoms with Gasteiger partial charge in [0.1, 0.15) is 5.75 Å². The molecule has 0 radical (unpaired) electrons. The standard InChI is InChI=1S/C21H28F3N5O2/c1-14-4-5-16(18(8-14)31-13-15-6-7-30-12-15)9-26-20(25-2)27-10-17-11-29(3)28-19(17)21(22,23)24/h4-5,8,11,15H,6-7,9-10,12-13H2,1-3H3,(H2,25,26,27). The lowest BCUT2D eigenvalue weighted by molar-refractivity contribution is -0.142. The molecule has 1 aromatic carbocycles. The zero-order valence-electron chi connectivity index (χ0n) is 17.9. The number of benzene rings is 1. The molecule has 3 rings (SSSR count). The fourth-order valence-electron chi connectivity index (χ4n) is 3.35. The highest BCUT2D eigenvalue weighted by atomic mass is 19.4. The zero-order valence-corrected chi connectivity index (χ0v) is 17.9. The Labute approximate surface area is 179 Å². The summed E-state index contributed by atoms with van der Waals surface area (Å²) in [5.74, 6) is 1.55. The molecule has 1 saturated heterocycles. The first-order valence-electron chi connectivity index (χ1n) is 10.1. The quantitative estimate of drug-likeness (QED) is 0.513. The van der Waals surface area contributed by atoms with Crippen molar-refractivity contribution in [3.8, 4) is 5.75 Å². The molecule has 7 nitrogen and oxygen atoms in total. The normalized spacial score (nSPS) is 17.1. The van der Waals surface area contributed by atoms with E-state index in [0.29, 0.717) is 31.6 Å². The number of hydrogen-bond donors (Lipinski definition) is 2. The molecule has 1 aliphatic rings. The third-order valence-corrected chi connectivity index (χ3v) is 5.01. The van der Waals surface area contributed by atoms with E-state index in [4.69, 9.17) is 9.47 Å². The molecule has 0 amide bonds. The highest BCUT2D eigenvalue weighted by molar-refractivity contribution is 5.79. The monoisotopic (exact) mass is 439 g/mol. The fourth-order valence-corrected chi connectivity index (χ4v) is 3.35. The number of halogens is 3. The van der Waals surface area contributed by atoms with Crippen LogP contribution < -0.4 is 15.4 Å². The van der Waals surface area contributed by atoms with Crippen LogP contribution in [0.5, 0.6) is 5.75 Å². The van der Waals surface area contributed by atoms with Crippen molar-refractivity contribution in [3.63, 3.8) is 0 Å². The Morgan fingerprint density at radius 1 is 1.29 bits per heavy atom. The molecule has 0 aliphatic carbocycles. The smallest absolute Gasteiger partial charge is 0.435 e. The minimum Gasteiger partial charge on any atom is -0.493 e. The van der Waals surface area contributed by atoms with Gasteiger partial charge in [0, 0.05) is 57.0 Å². The van der Waals surface area contributed by atoms with Crippen LogP contribution in [0.4, 0.5) is 13.2 Å². The lowest BCUT2D eigenvalue weighted by atomic mass is 10.1. The Bertz CT molecular complexity index is 905. The van der Waals surface area contributed by atoms with Crippen molar-refractivity contribution in [1.29, 1.82) is 0 Å². The van der Waals surface area contributed by atoms with Gasteiger partial charge in [0.05, 0.1) is 13.2 Å². The van der Waals surface area contributed by atoms with E-state index >= 15 is 0 Å². The van der Waals surface area contributed by atoms with Crippen molar-refractivity contribution in [1.82, 2.24) is 20.4 Å². The van der Waals surface area contributed by atoms with E-state index < -0.39 is 11.9 Å². The first-order chi connectivity index (χ1) is 14.8. The van der Waals surface area contributed by atoms with Gasteiger partial charge >= 0.3 is 6.18 Å². The van der Waals surface area contributed by atoms with Gasteiger partial charge in [-0.25, -0.2) is 0 Å². The van der Waals surface area contributed by atoms with E-state index in [-0.39, 0.29) is 12.1 Å². The maximum Gasteiger partial charge on any atom is 0.435 e. The third-order valence-electron chi connectivity index (χ3n) is 5.01. The van der Waals surface area contributed by atoms with Gasteiger partial charge in [0.15, 0.2) is 11.7 Å². The number of aryl methyl sites for hydroxylation is 2. The summed E-state index contributed by atoms with van der Waals surface area (Å²) in [5.41, 5.74) is 1.17. The first-order valence-corrected chi connectivity index (χ1v) is 10.1. The van der Waals surface area contributed by atoms with Gasteiger partial charge in [-0.3, -0.25) is 9.67 Å². The number of hydrogen-bond acceptors (Lipinski definition) is 4. The number of rotatable bonds is 7. The van der Waals surface area contributed by atoms with Crippen LogP contribution >= 0.6 is 0 Å². The van der Waals surface area contributed by atoms with Crippen LogP contribution in [0.2, 0.25) is 0 Å². The summed E-state index contributed by atoms with van der Waals surface area (Å²) >= 11 is 0. The van der Waals surface area contributed by atoms with E-state index in [2.05, 4.69) is 20.7 Å². The second-order valence-electron chi connectivity index (χ2n) is 7.61. The fraction of sp³-hybridized carbons (Fsp3) is 0.524. The first kappa shape index (κ1) is 22.9. The van der Waals surface area contributed by atoms with Crippen LogP contribution in [0.15, 0.2) is 29.4 Å². The Balaban J connectivity index is 1.59. The average Bonchev–Trinajstić information content (AvgIpc) is 3.36. The maximum atomic E-state index is 13.1. The minimum absolute atomic E-state index is 0.0519. The van der Waals surface area contributed by atoms with Crippen LogP contribution in [0, 0.1) is 12.8 Å². The van der Waals surface area contributed by atoms with Crippen molar-refractivity contribution >= 4 is 5.96 Å². The van der Waals surface area contributed by atoms with Gasteiger partial charge in [-0.05, 0) is 25.0 Å².